The smallest absolute Gasteiger partial charge is 0.319 e. The zero-order valence-corrected chi connectivity index (χ0v) is 16.1. The van der Waals surface area contributed by atoms with Crippen LogP contribution in [0, 0.1) is 6.92 Å². The lowest BCUT2D eigenvalue weighted by atomic mass is 10.1. The van der Waals surface area contributed by atoms with Gasteiger partial charge in [0.2, 0.25) is 0 Å². The molecule has 0 aliphatic rings. The summed E-state index contributed by atoms with van der Waals surface area (Å²) in [6.07, 6.45) is 2.02. The molecule has 2 aromatic carbocycles. The molecule has 5 nitrogen and oxygen atoms in total. The van der Waals surface area contributed by atoms with Crippen molar-refractivity contribution < 1.29 is 9.53 Å². The van der Waals surface area contributed by atoms with Crippen molar-refractivity contribution in [3.63, 3.8) is 0 Å². The first kappa shape index (κ1) is 18.9. The number of nitrogens with one attached hydrogen (secondary N) is 2. The summed E-state index contributed by atoms with van der Waals surface area (Å²) >= 11 is 6.00. The van der Waals surface area contributed by atoms with Crippen molar-refractivity contribution in [3.8, 4) is 5.75 Å². The average Bonchev–Trinajstić information content (AvgIpc) is 3.09. The fourth-order valence-corrected chi connectivity index (χ4v) is 3.02. The number of halogens is 1. The van der Waals surface area contributed by atoms with Gasteiger partial charge in [0.05, 0.1) is 19.3 Å². The third kappa shape index (κ3) is 4.83. The molecule has 0 fully saturated rings. The van der Waals surface area contributed by atoms with Crippen LogP contribution in [0.3, 0.4) is 0 Å². The monoisotopic (exact) mass is 383 g/mol. The van der Waals surface area contributed by atoms with Crippen molar-refractivity contribution in [1.82, 2.24) is 9.88 Å². The van der Waals surface area contributed by atoms with E-state index < -0.39 is 0 Å². The number of hydrogen-bond donors (Lipinski definition) is 2. The molecule has 3 rings (SSSR count). The normalized spacial score (nSPS) is 10.5. The van der Waals surface area contributed by atoms with Gasteiger partial charge in [-0.1, -0.05) is 35.9 Å². The molecule has 6 heteroatoms. The molecule has 0 aliphatic carbocycles. The predicted molar refractivity (Wildman–Crippen MR) is 109 cm³/mol. The lowest BCUT2D eigenvalue weighted by Gasteiger charge is -2.14. The van der Waals surface area contributed by atoms with Gasteiger partial charge in [0.25, 0.3) is 0 Å². The quantitative estimate of drug-likeness (QED) is 0.640. The van der Waals surface area contributed by atoms with Gasteiger partial charge >= 0.3 is 6.03 Å². The maximum Gasteiger partial charge on any atom is 0.319 e. The summed E-state index contributed by atoms with van der Waals surface area (Å²) in [6, 6.07) is 17.0. The SMILES string of the molecule is COc1ccc(Cl)cc1NC(=O)NCc1cccn1Cc1ccccc1C. The van der Waals surface area contributed by atoms with Crippen molar-refractivity contribution >= 4 is 23.3 Å². The fraction of sp³-hybridized carbons (Fsp3) is 0.190. The summed E-state index contributed by atoms with van der Waals surface area (Å²) in [6.45, 7) is 3.27. The number of carbonyl (C=O) groups excluding carboxylic acids is 1. The lowest BCUT2D eigenvalue weighted by Crippen LogP contribution is -2.29. The van der Waals surface area contributed by atoms with E-state index in [1.807, 2.05) is 30.5 Å². The molecule has 140 valence electrons. The van der Waals surface area contributed by atoms with Crippen molar-refractivity contribution in [2.45, 2.75) is 20.0 Å². The van der Waals surface area contributed by atoms with Gasteiger partial charge in [-0.2, -0.15) is 0 Å². The Hall–Kier alpha value is -2.92. The second-order valence-corrected chi connectivity index (χ2v) is 6.64. The number of methoxy groups -OCH3 is 1. The Morgan fingerprint density at radius 3 is 2.74 bits per heavy atom. The summed E-state index contributed by atoms with van der Waals surface area (Å²) < 4.78 is 7.37. The predicted octanol–water partition coefficient (Wildman–Crippen LogP) is 4.83. The highest BCUT2D eigenvalue weighted by molar-refractivity contribution is 6.31. The summed E-state index contributed by atoms with van der Waals surface area (Å²) in [5.74, 6) is 0.553. The molecule has 0 saturated carbocycles. The van der Waals surface area contributed by atoms with Crippen LogP contribution in [0.1, 0.15) is 16.8 Å². The molecule has 2 amide bonds. The molecular formula is C21H22ClN3O2. The van der Waals surface area contributed by atoms with E-state index in [1.165, 1.54) is 11.1 Å². The first-order valence-corrected chi connectivity index (χ1v) is 9.01. The van der Waals surface area contributed by atoms with Crippen LogP contribution in [-0.2, 0) is 13.1 Å². The van der Waals surface area contributed by atoms with Crippen molar-refractivity contribution in [1.29, 1.82) is 0 Å². The zero-order chi connectivity index (χ0) is 19.2. The van der Waals surface area contributed by atoms with Crippen LogP contribution in [0.25, 0.3) is 0 Å². The van der Waals surface area contributed by atoms with Gasteiger partial charge < -0.3 is 19.9 Å². The van der Waals surface area contributed by atoms with Gasteiger partial charge in [-0.05, 0) is 48.4 Å². The third-order valence-corrected chi connectivity index (χ3v) is 4.60. The Morgan fingerprint density at radius 2 is 1.96 bits per heavy atom. The maximum absolute atomic E-state index is 12.3. The number of rotatable bonds is 6. The zero-order valence-electron chi connectivity index (χ0n) is 15.3. The fourth-order valence-electron chi connectivity index (χ4n) is 2.85. The van der Waals surface area contributed by atoms with E-state index in [0.29, 0.717) is 23.0 Å². The molecule has 0 radical (unpaired) electrons. The number of ether oxygens (including phenoxy) is 1. The standard InChI is InChI=1S/C21H22ClN3O2/c1-15-6-3-4-7-16(15)14-25-11-5-8-18(25)13-23-21(26)24-19-12-17(22)9-10-20(19)27-2/h3-12H,13-14H2,1-2H3,(H2,23,24,26). The second kappa shape index (κ2) is 8.64. The lowest BCUT2D eigenvalue weighted by molar-refractivity contribution is 0.251. The molecule has 0 unspecified atom stereocenters. The number of aryl methyl sites for hydroxylation is 1. The number of aromatic nitrogens is 1. The molecule has 27 heavy (non-hydrogen) atoms. The molecule has 0 aliphatic heterocycles. The van der Waals surface area contributed by atoms with E-state index in [1.54, 1.807) is 25.3 Å². The van der Waals surface area contributed by atoms with Crippen LogP contribution in [0.5, 0.6) is 5.75 Å². The topological polar surface area (TPSA) is 55.3 Å². The average molecular weight is 384 g/mol. The summed E-state index contributed by atoms with van der Waals surface area (Å²) in [7, 11) is 1.55. The number of urea groups is 1. The molecule has 3 aromatic rings. The van der Waals surface area contributed by atoms with Crippen LogP contribution in [0.2, 0.25) is 5.02 Å². The van der Waals surface area contributed by atoms with Crippen molar-refractivity contribution in [2.75, 3.05) is 12.4 Å². The van der Waals surface area contributed by atoms with E-state index >= 15 is 0 Å². The van der Waals surface area contributed by atoms with Crippen LogP contribution >= 0.6 is 11.6 Å². The summed E-state index contributed by atoms with van der Waals surface area (Å²) in [4.78, 5) is 12.3. The third-order valence-electron chi connectivity index (χ3n) is 4.37. The molecule has 1 aromatic heterocycles. The van der Waals surface area contributed by atoms with Crippen LogP contribution in [-0.4, -0.2) is 17.7 Å². The Balaban J connectivity index is 1.63. The molecular weight excluding hydrogens is 362 g/mol. The molecule has 0 saturated heterocycles. The number of amides is 2. The molecule has 2 N–H and O–H groups in total. The van der Waals surface area contributed by atoms with E-state index in [4.69, 9.17) is 16.3 Å². The minimum atomic E-state index is -0.320. The van der Waals surface area contributed by atoms with E-state index in [9.17, 15) is 4.79 Å². The Labute approximate surface area is 163 Å². The Morgan fingerprint density at radius 1 is 1.15 bits per heavy atom. The minimum Gasteiger partial charge on any atom is -0.495 e. The number of benzene rings is 2. The molecule has 0 spiro atoms. The van der Waals surface area contributed by atoms with Gasteiger partial charge in [-0.3, -0.25) is 0 Å². The molecule has 1 heterocycles. The number of nitrogens with zero attached hydrogens (tertiary/aromatic N) is 1. The first-order chi connectivity index (χ1) is 13.1. The maximum atomic E-state index is 12.3. The van der Waals surface area contributed by atoms with Crippen LogP contribution in [0.4, 0.5) is 10.5 Å². The number of hydrogen-bond acceptors (Lipinski definition) is 2. The largest absolute Gasteiger partial charge is 0.495 e. The number of carbonyl (C=O) groups is 1. The van der Waals surface area contributed by atoms with Gasteiger partial charge in [-0.25, -0.2) is 4.79 Å². The van der Waals surface area contributed by atoms with Crippen molar-refractivity contribution in [2.24, 2.45) is 0 Å². The Bertz CT molecular complexity index is 937. The highest BCUT2D eigenvalue weighted by atomic mass is 35.5. The molecule has 0 bridgehead atoms. The Kier molecular flexibility index (Phi) is 6.04. The highest BCUT2D eigenvalue weighted by Gasteiger charge is 2.09. The first-order valence-electron chi connectivity index (χ1n) is 8.63. The highest BCUT2D eigenvalue weighted by Crippen LogP contribution is 2.27. The summed E-state index contributed by atoms with van der Waals surface area (Å²) in [5, 5.41) is 6.18. The van der Waals surface area contributed by atoms with Gasteiger partial charge in [0.1, 0.15) is 5.75 Å². The van der Waals surface area contributed by atoms with Crippen LogP contribution < -0.4 is 15.4 Å². The van der Waals surface area contributed by atoms with E-state index in [2.05, 4.69) is 34.3 Å². The van der Waals surface area contributed by atoms with E-state index in [0.717, 1.165) is 12.2 Å². The minimum absolute atomic E-state index is 0.320. The summed E-state index contributed by atoms with van der Waals surface area (Å²) in [5.41, 5.74) is 4.04. The number of anilines is 1. The van der Waals surface area contributed by atoms with E-state index in [-0.39, 0.29) is 6.03 Å². The van der Waals surface area contributed by atoms with Crippen LogP contribution in [0.15, 0.2) is 60.8 Å². The molecule has 0 atom stereocenters. The van der Waals surface area contributed by atoms with Gasteiger partial charge in [0, 0.05) is 23.5 Å². The second-order valence-electron chi connectivity index (χ2n) is 6.21. The van der Waals surface area contributed by atoms with Gasteiger partial charge in [-0.15, -0.1) is 0 Å². The van der Waals surface area contributed by atoms with Gasteiger partial charge in [0.15, 0.2) is 0 Å². The van der Waals surface area contributed by atoms with Crippen molar-refractivity contribution in [3.05, 3.63) is 82.6 Å².